The van der Waals surface area contributed by atoms with Gasteiger partial charge >= 0.3 is 5.69 Å². The fourth-order valence-electron chi connectivity index (χ4n) is 4.83. The molecule has 1 aliphatic rings. The lowest BCUT2D eigenvalue weighted by Gasteiger charge is -2.30. The molecule has 2 aromatic heterocycles. The summed E-state index contributed by atoms with van der Waals surface area (Å²) < 4.78 is 43.6. The zero-order valence-electron chi connectivity index (χ0n) is 20.0. The van der Waals surface area contributed by atoms with Gasteiger partial charge in [0.15, 0.2) is 17.3 Å². The highest BCUT2D eigenvalue weighted by Gasteiger charge is 2.28. The van der Waals surface area contributed by atoms with Gasteiger partial charge in [0.05, 0.1) is 17.3 Å². The monoisotopic (exact) mass is 518 g/mol. The Kier molecular flexibility index (Phi) is 6.59. The van der Waals surface area contributed by atoms with Gasteiger partial charge in [0.1, 0.15) is 5.82 Å². The van der Waals surface area contributed by atoms with Gasteiger partial charge in [-0.15, -0.1) is 6.42 Å². The van der Waals surface area contributed by atoms with Crippen LogP contribution in [0.3, 0.4) is 0 Å². The van der Waals surface area contributed by atoms with Crippen molar-refractivity contribution in [1.82, 2.24) is 19.4 Å². The Hall–Kier alpha value is -4.65. The number of nitrogens with one attached hydrogen (secondary N) is 1. The molecule has 0 aliphatic heterocycles. The summed E-state index contributed by atoms with van der Waals surface area (Å²) in [4.78, 5) is 43.4. The van der Waals surface area contributed by atoms with E-state index in [1.54, 1.807) is 24.3 Å². The first-order valence-electron chi connectivity index (χ1n) is 11.9. The van der Waals surface area contributed by atoms with Gasteiger partial charge in [0, 0.05) is 29.3 Å². The largest absolute Gasteiger partial charge is 0.349 e. The molecule has 2 heterocycles. The summed E-state index contributed by atoms with van der Waals surface area (Å²) in [7, 11) is 0. The summed E-state index contributed by atoms with van der Waals surface area (Å²) in [5.41, 5.74) is -0.623. The number of amides is 1. The third kappa shape index (κ3) is 4.59. The number of carbonyl (C=O) groups is 1. The molecule has 0 saturated heterocycles. The van der Waals surface area contributed by atoms with Crippen molar-refractivity contribution in [3.63, 3.8) is 0 Å². The number of pyridine rings is 1. The molecule has 10 heteroatoms. The second-order valence-electron chi connectivity index (χ2n) is 9.12. The molecule has 38 heavy (non-hydrogen) atoms. The first kappa shape index (κ1) is 25.0. The van der Waals surface area contributed by atoms with Crippen molar-refractivity contribution in [2.24, 2.45) is 0 Å². The van der Waals surface area contributed by atoms with Crippen LogP contribution in [0.5, 0.6) is 0 Å². The van der Waals surface area contributed by atoms with Crippen LogP contribution >= 0.6 is 0 Å². The molecule has 0 spiro atoms. The lowest BCUT2D eigenvalue weighted by Crippen LogP contribution is -2.45. The number of fused-ring (bicyclic) bond motifs is 1. The molecule has 7 nitrogen and oxygen atoms in total. The molecule has 0 atom stereocenters. The normalized spacial score (nSPS) is 17.2. The van der Waals surface area contributed by atoms with E-state index >= 15 is 0 Å². The molecule has 0 bridgehead atoms. The molecular weight excluding hydrogens is 497 g/mol. The summed E-state index contributed by atoms with van der Waals surface area (Å²) in [6, 6.07) is 9.71. The average molecular weight is 518 g/mol. The molecule has 1 saturated carbocycles. The van der Waals surface area contributed by atoms with Crippen LogP contribution in [0.25, 0.3) is 16.7 Å². The fourth-order valence-corrected chi connectivity index (χ4v) is 4.83. The van der Waals surface area contributed by atoms with E-state index in [-0.39, 0.29) is 28.7 Å². The summed E-state index contributed by atoms with van der Waals surface area (Å²) in [6.45, 7) is 0. The lowest BCUT2D eigenvalue weighted by molar-refractivity contribution is 0.0922. The number of nitrogens with zero attached hydrogens (tertiary/aromatic N) is 3. The van der Waals surface area contributed by atoms with Crippen molar-refractivity contribution in [2.75, 3.05) is 0 Å². The maximum absolute atomic E-state index is 14.0. The fraction of sp³-hybridized carbons (Fsp3) is 0.214. The van der Waals surface area contributed by atoms with E-state index in [0.717, 1.165) is 33.5 Å². The number of benzene rings is 2. The van der Waals surface area contributed by atoms with Gasteiger partial charge in [-0.05, 0) is 68.1 Å². The van der Waals surface area contributed by atoms with Gasteiger partial charge in [0.25, 0.3) is 11.5 Å². The molecule has 1 amide bonds. The van der Waals surface area contributed by atoms with E-state index in [1.807, 2.05) is 0 Å². The van der Waals surface area contributed by atoms with Crippen LogP contribution in [0.4, 0.5) is 13.2 Å². The van der Waals surface area contributed by atoms with Crippen LogP contribution in [0.15, 0.2) is 64.3 Å². The van der Waals surface area contributed by atoms with E-state index in [2.05, 4.69) is 16.2 Å². The van der Waals surface area contributed by atoms with Crippen molar-refractivity contribution in [2.45, 2.75) is 37.8 Å². The van der Waals surface area contributed by atoms with Crippen LogP contribution in [-0.4, -0.2) is 26.1 Å². The summed E-state index contributed by atoms with van der Waals surface area (Å²) >= 11 is 0. The molecule has 1 aliphatic carbocycles. The highest BCUT2D eigenvalue weighted by atomic mass is 19.2. The Morgan fingerprint density at radius 3 is 2.34 bits per heavy atom. The molecule has 5 rings (SSSR count). The van der Waals surface area contributed by atoms with Crippen molar-refractivity contribution >= 4 is 16.9 Å². The number of rotatable bonds is 4. The highest BCUT2D eigenvalue weighted by molar-refractivity contribution is 5.94. The van der Waals surface area contributed by atoms with Gasteiger partial charge in [-0.25, -0.2) is 27.5 Å². The molecular formula is C28H21F3N4O3. The van der Waals surface area contributed by atoms with Crippen LogP contribution in [-0.2, 0) is 0 Å². The minimum atomic E-state index is -1.19. The van der Waals surface area contributed by atoms with E-state index < -0.39 is 34.7 Å². The molecule has 4 aromatic rings. The average Bonchev–Trinajstić information content (AvgIpc) is 2.92. The summed E-state index contributed by atoms with van der Waals surface area (Å²) in [5, 5.41) is 2.80. The maximum Gasteiger partial charge on any atom is 0.337 e. The first-order chi connectivity index (χ1) is 18.3. The summed E-state index contributed by atoms with van der Waals surface area (Å²) in [6.07, 6.45) is 7.91. The number of aromatic nitrogens is 3. The predicted octanol–water partition coefficient (Wildman–Crippen LogP) is 3.86. The molecule has 0 radical (unpaired) electrons. The van der Waals surface area contributed by atoms with Gasteiger partial charge < -0.3 is 5.32 Å². The Bertz CT molecular complexity index is 1710. The molecule has 2 aromatic carbocycles. The third-order valence-electron chi connectivity index (χ3n) is 6.76. The molecule has 1 N–H and O–H groups in total. The SMILES string of the molecule is C#Cc1ccc(C(=O)NC2CCC(n3c(=O)c4cc(F)cnc4n(-c4ccc(F)c(F)c4)c3=O)CC2)cc1. The Morgan fingerprint density at radius 1 is 0.974 bits per heavy atom. The molecule has 192 valence electrons. The van der Waals surface area contributed by atoms with Gasteiger partial charge in [-0.2, -0.15) is 0 Å². The van der Waals surface area contributed by atoms with Crippen molar-refractivity contribution in [3.8, 4) is 18.0 Å². The van der Waals surface area contributed by atoms with E-state index in [0.29, 0.717) is 36.8 Å². The number of halogens is 3. The Morgan fingerprint density at radius 2 is 1.68 bits per heavy atom. The zero-order valence-corrected chi connectivity index (χ0v) is 20.0. The van der Waals surface area contributed by atoms with Crippen molar-refractivity contribution in [3.05, 3.63) is 104 Å². The minimum absolute atomic E-state index is 0.0523. The maximum atomic E-state index is 14.0. The highest BCUT2D eigenvalue weighted by Crippen LogP contribution is 2.28. The minimum Gasteiger partial charge on any atom is -0.349 e. The van der Waals surface area contributed by atoms with Crippen LogP contribution in [0, 0.1) is 29.8 Å². The lowest BCUT2D eigenvalue weighted by atomic mass is 9.90. The van der Waals surface area contributed by atoms with Crippen molar-refractivity contribution < 1.29 is 18.0 Å². The smallest absolute Gasteiger partial charge is 0.337 e. The van der Waals surface area contributed by atoms with Crippen LogP contribution in [0.2, 0.25) is 0 Å². The van der Waals surface area contributed by atoms with Gasteiger partial charge in [-0.1, -0.05) is 5.92 Å². The second-order valence-corrected chi connectivity index (χ2v) is 9.12. The predicted molar refractivity (Wildman–Crippen MR) is 135 cm³/mol. The number of hydrogen-bond donors (Lipinski definition) is 1. The van der Waals surface area contributed by atoms with Gasteiger partial charge in [0.2, 0.25) is 0 Å². The number of carbonyl (C=O) groups excluding carboxylic acids is 1. The Labute approximate surface area is 214 Å². The van der Waals surface area contributed by atoms with E-state index in [9.17, 15) is 27.6 Å². The number of terminal acetylenes is 1. The number of hydrogen-bond acceptors (Lipinski definition) is 4. The van der Waals surface area contributed by atoms with E-state index in [1.165, 1.54) is 6.07 Å². The quantitative estimate of drug-likeness (QED) is 0.416. The van der Waals surface area contributed by atoms with Crippen LogP contribution < -0.4 is 16.6 Å². The van der Waals surface area contributed by atoms with Crippen LogP contribution in [0.1, 0.15) is 47.6 Å². The molecule has 1 fully saturated rings. The third-order valence-corrected chi connectivity index (χ3v) is 6.76. The first-order valence-corrected chi connectivity index (χ1v) is 11.9. The Balaban J connectivity index is 1.45. The second kappa shape index (κ2) is 10.0. The van der Waals surface area contributed by atoms with E-state index in [4.69, 9.17) is 6.42 Å². The van der Waals surface area contributed by atoms with Gasteiger partial charge in [-0.3, -0.25) is 14.2 Å². The molecule has 0 unspecified atom stereocenters. The summed E-state index contributed by atoms with van der Waals surface area (Å²) in [5.74, 6) is -0.844. The topological polar surface area (TPSA) is 86.0 Å². The van der Waals surface area contributed by atoms with Crippen molar-refractivity contribution in [1.29, 1.82) is 0 Å². The zero-order chi connectivity index (χ0) is 27.0. The standard InChI is InChI=1S/C28H21F3N4O3/c1-2-16-3-5-17(6-4-16)26(36)33-19-7-9-20(10-8-19)35-27(37)22-13-18(29)15-32-25(22)34(28(35)38)21-11-12-23(30)24(31)14-21/h1,3-6,11-15,19-20H,7-10H2,(H,33,36).